The van der Waals surface area contributed by atoms with Gasteiger partial charge in [0, 0.05) is 30.5 Å². The third kappa shape index (κ3) is 2.14. The second-order valence-electron chi connectivity index (χ2n) is 3.62. The van der Waals surface area contributed by atoms with Crippen molar-refractivity contribution in [2.24, 2.45) is 5.92 Å². The van der Waals surface area contributed by atoms with Crippen molar-refractivity contribution in [1.29, 1.82) is 0 Å². The summed E-state index contributed by atoms with van der Waals surface area (Å²) >= 11 is 5.75. The summed E-state index contributed by atoms with van der Waals surface area (Å²) in [6.45, 7) is 1.68. The number of ketones is 1. The van der Waals surface area contributed by atoms with E-state index in [1.165, 1.54) is 0 Å². The Morgan fingerprint density at radius 1 is 1.36 bits per heavy atom. The number of halogens is 1. The molecule has 0 atom stereocenters. The molecule has 0 radical (unpaired) electrons. The summed E-state index contributed by atoms with van der Waals surface area (Å²) in [5, 5.41) is 3.81. The Labute approximate surface area is 88.3 Å². The van der Waals surface area contributed by atoms with E-state index >= 15 is 0 Å². The number of nitrogens with one attached hydrogen (secondary N) is 1. The summed E-state index contributed by atoms with van der Waals surface area (Å²) in [7, 11) is 0. The standard InChI is InChI=1S/C11H12ClNO/c12-10-3-1-8(2-4-10)5-11(14)9-6-13-7-9/h1-4,9,13H,5-7H2. The van der Waals surface area contributed by atoms with Crippen molar-refractivity contribution in [3.05, 3.63) is 34.9 Å². The maximum absolute atomic E-state index is 11.6. The molecule has 2 nitrogen and oxygen atoms in total. The molecule has 3 heteroatoms. The second-order valence-corrected chi connectivity index (χ2v) is 4.06. The number of carbonyl (C=O) groups excluding carboxylic acids is 1. The van der Waals surface area contributed by atoms with Crippen LogP contribution in [-0.2, 0) is 11.2 Å². The van der Waals surface area contributed by atoms with Gasteiger partial charge in [0.15, 0.2) is 0 Å². The van der Waals surface area contributed by atoms with E-state index < -0.39 is 0 Å². The third-order valence-corrected chi connectivity index (χ3v) is 2.78. The topological polar surface area (TPSA) is 29.1 Å². The molecule has 1 aliphatic rings. The Kier molecular flexibility index (Phi) is 2.85. The average Bonchev–Trinajstić information content (AvgIpc) is 2.06. The van der Waals surface area contributed by atoms with E-state index in [9.17, 15) is 4.79 Å². The Bertz CT molecular complexity index is 330. The predicted octanol–water partition coefficient (Wildman–Crippen LogP) is 1.67. The van der Waals surface area contributed by atoms with Gasteiger partial charge < -0.3 is 5.32 Å². The van der Waals surface area contributed by atoms with Crippen molar-refractivity contribution in [3.8, 4) is 0 Å². The van der Waals surface area contributed by atoms with Gasteiger partial charge in [0.1, 0.15) is 5.78 Å². The molecule has 1 heterocycles. The molecule has 0 spiro atoms. The largest absolute Gasteiger partial charge is 0.315 e. The molecule has 1 fully saturated rings. The van der Waals surface area contributed by atoms with Crippen molar-refractivity contribution in [2.45, 2.75) is 6.42 Å². The smallest absolute Gasteiger partial charge is 0.142 e. The Balaban J connectivity index is 1.96. The summed E-state index contributed by atoms with van der Waals surface area (Å²) in [6, 6.07) is 7.46. The normalized spacial score (nSPS) is 16.4. The summed E-state index contributed by atoms with van der Waals surface area (Å²) in [5.41, 5.74) is 1.05. The highest BCUT2D eigenvalue weighted by atomic mass is 35.5. The zero-order chi connectivity index (χ0) is 9.97. The molecule has 0 saturated carbocycles. The lowest BCUT2D eigenvalue weighted by atomic mass is 9.93. The van der Waals surface area contributed by atoms with Crippen LogP contribution in [0.3, 0.4) is 0 Å². The van der Waals surface area contributed by atoms with Crippen LogP contribution < -0.4 is 5.32 Å². The van der Waals surface area contributed by atoms with E-state index in [0.717, 1.165) is 18.7 Å². The van der Waals surface area contributed by atoms with Crippen LogP contribution in [0.2, 0.25) is 5.02 Å². The molecule has 0 amide bonds. The van der Waals surface area contributed by atoms with E-state index in [4.69, 9.17) is 11.6 Å². The first-order valence-corrected chi connectivity index (χ1v) is 5.11. The van der Waals surface area contributed by atoms with Crippen LogP contribution >= 0.6 is 11.6 Å². The zero-order valence-electron chi connectivity index (χ0n) is 7.79. The minimum absolute atomic E-state index is 0.227. The zero-order valence-corrected chi connectivity index (χ0v) is 8.55. The fourth-order valence-electron chi connectivity index (χ4n) is 1.46. The molecular formula is C11H12ClNO. The lowest BCUT2D eigenvalue weighted by molar-refractivity contribution is -0.123. The Morgan fingerprint density at radius 2 is 2.00 bits per heavy atom. The van der Waals surface area contributed by atoms with Crippen molar-refractivity contribution in [2.75, 3.05) is 13.1 Å². The number of rotatable bonds is 3. The van der Waals surface area contributed by atoms with Crippen molar-refractivity contribution in [1.82, 2.24) is 5.32 Å². The van der Waals surface area contributed by atoms with Gasteiger partial charge in [-0.2, -0.15) is 0 Å². The van der Waals surface area contributed by atoms with Crippen LogP contribution in [0.4, 0.5) is 0 Å². The highest BCUT2D eigenvalue weighted by molar-refractivity contribution is 6.30. The lowest BCUT2D eigenvalue weighted by Gasteiger charge is -2.25. The highest BCUT2D eigenvalue weighted by Gasteiger charge is 2.24. The van der Waals surface area contributed by atoms with E-state index in [1.54, 1.807) is 0 Å². The van der Waals surface area contributed by atoms with Crippen LogP contribution in [0.5, 0.6) is 0 Å². The lowest BCUT2D eigenvalue weighted by Crippen LogP contribution is -2.47. The second kappa shape index (κ2) is 4.11. The van der Waals surface area contributed by atoms with Gasteiger partial charge in [0.05, 0.1) is 0 Å². The van der Waals surface area contributed by atoms with Crippen LogP contribution in [-0.4, -0.2) is 18.9 Å². The fourth-order valence-corrected chi connectivity index (χ4v) is 1.59. The predicted molar refractivity (Wildman–Crippen MR) is 56.5 cm³/mol. The fraction of sp³-hybridized carbons (Fsp3) is 0.364. The van der Waals surface area contributed by atoms with Crippen molar-refractivity contribution in [3.63, 3.8) is 0 Å². The minimum atomic E-state index is 0.227. The third-order valence-electron chi connectivity index (χ3n) is 2.53. The SMILES string of the molecule is O=C(Cc1ccc(Cl)cc1)C1CNC1. The molecule has 1 N–H and O–H groups in total. The summed E-state index contributed by atoms with van der Waals surface area (Å²) in [4.78, 5) is 11.6. The van der Waals surface area contributed by atoms with Gasteiger partial charge in [-0.3, -0.25) is 4.79 Å². The molecule has 1 saturated heterocycles. The first-order chi connectivity index (χ1) is 6.75. The molecule has 74 valence electrons. The number of hydrogen-bond acceptors (Lipinski definition) is 2. The van der Waals surface area contributed by atoms with Crippen LogP contribution in [0.1, 0.15) is 5.56 Å². The van der Waals surface area contributed by atoms with E-state index in [1.807, 2.05) is 24.3 Å². The maximum atomic E-state index is 11.6. The average molecular weight is 210 g/mol. The summed E-state index contributed by atoms with van der Waals surface area (Å²) < 4.78 is 0. The van der Waals surface area contributed by atoms with Gasteiger partial charge in [-0.1, -0.05) is 23.7 Å². The van der Waals surface area contributed by atoms with Gasteiger partial charge in [0.2, 0.25) is 0 Å². The van der Waals surface area contributed by atoms with Crippen LogP contribution in [0, 0.1) is 5.92 Å². The first-order valence-electron chi connectivity index (χ1n) is 4.73. The quantitative estimate of drug-likeness (QED) is 0.821. The molecule has 1 aromatic rings. The van der Waals surface area contributed by atoms with E-state index in [0.29, 0.717) is 17.2 Å². The maximum Gasteiger partial charge on any atom is 0.142 e. The molecule has 0 bridgehead atoms. The number of hydrogen-bond donors (Lipinski definition) is 1. The van der Waals surface area contributed by atoms with Crippen LogP contribution in [0.25, 0.3) is 0 Å². The van der Waals surface area contributed by atoms with Gasteiger partial charge in [-0.15, -0.1) is 0 Å². The molecule has 0 unspecified atom stereocenters. The number of benzene rings is 1. The Morgan fingerprint density at radius 3 is 2.50 bits per heavy atom. The van der Waals surface area contributed by atoms with E-state index in [-0.39, 0.29) is 5.92 Å². The molecule has 0 aromatic heterocycles. The van der Waals surface area contributed by atoms with Crippen LogP contribution in [0.15, 0.2) is 24.3 Å². The van der Waals surface area contributed by atoms with E-state index in [2.05, 4.69) is 5.32 Å². The molecule has 2 rings (SSSR count). The molecular weight excluding hydrogens is 198 g/mol. The monoisotopic (exact) mass is 209 g/mol. The summed E-state index contributed by atoms with van der Waals surface area (Å²) in [5.74, 6) is 0.553. The first kappa shape index (κ1) is 9.69. The number of carbonyl (C=O) groups is 1. The molecule has 1 aromatic carbocycles. The highest BCUT2D eigenvalue weighted by Crippen LogP contribution is 2.13. The number of Topliss-reactive ketones (excluding diaryl/α,β-unsaturated/α-hetero) is 1. The van der Waals surface area contributed by atoms with Gasteiger partial charge in [-0.05, 0) is 17.7 Å². The van der Waals surface area contributed by atoms with Gasteiger partial charge in [0.25, 0.3) is 0 Å². The van der Waals surface area contributed by atoms with Crippen molar-refractivity contribution < 1.29 is 4.79 Å². The molecule has 0 aliphatic carbocycles. The van der Waals surface area contributed by atoms with Crippen molar-refractivity contribution >= 4 is 17.4 Å². The molecule has 14 heavy (non-hydrogen) atoms. The summed E-state index contributed by atoms with van der Waals surface area (Å²) in [6.07, 6.45) is 0.531. The minimum Gasteiger partial charge on any atom is -0.315 e. The molecule has 1 aliphatic heterocycles. The Hall–Kier alpha value is -0.860. The van der Waals surface area contributed by atoms with Gasteiger partial charge >= 0.3 is 0 Å². The van der Waals surface area contributed by atoms with Gasteiger partial charge in [-0.25, -0.2) is 0 Å².